The molecule has 2 unspecified atom stereocenters. The van der Waals surface area contributed by atoms with Crippen LogP contribution in [0, 0.1) is 5.92 Å². The first-order valence-corrected chi connectivity index (χ1v) is 10.2. The number of hydrogen-bond acceptors (Lipinski definition) is 6. The molecule has 1 heterocycles. The highest BCUT2D eigenvalue weighted by atomic mass is 35.5. The SMILES string of the molecule is CCC(NC(=O)N1CC(=O)NCC(Cc2cc(Cl)ccc2OC)C1=O)C(=O)NCC(=O)O. The molecule has 32 heavy (non-hydrogen) atoms. The molecule has 0 bridgehead atoms. The van der Waals surface area contributed by atoms with Crippen molar-refractivity contribution in [1.82, 2.24) is 20.9 Å². The first-order valence-electron chi connectivity index (χ1n) is 9.86. The van der Waals surface area contributed by atoms with E-state index < -0.39 is 54.8 Å². The minimum atomic E-state index is -1.24. The van der Waals surface area contributed by atoms with E-state index in [1.165, 1.54) is 7.11 Å². The molecule has 1 fully saturated rings. The summed E-state index contributed by atoms with van der Waals surface area (Å²) in [7, 11) is 1.48. The third-order valence-corrected chi connectivity index (χ3v) is 5.09. The van der Waals surface area contributed by atoms with Crippen molar-refractivity contribution in [3.8, 4) is 5.75 Å². The van der Waals surface area contributed by atoms with Gasteiger partial charge in [-0.3, -0.25) is 24.1 Å². The number of aliphatic carboxylic acids is 1. The van der Waals surface area contributed by atoms with Crippen molar-refractivity contribution in [2.24, 2.45) is 5.92 Å². The van der Waals surface area contributed by atoms with Crippen LogP contribution in [0.3, 0.4) is 0 Å². The highest BCUT2D eigenvalue weighted by molar-refractivity contribution is 6.30. The number of nitrogens with one attached hydrogen (secondary N) is 3. The van der Waals surface area contributed by atoms with Gasteiger partial charge in [0.1, 0.15) is 24.9 Å². The minimum Gasteiger partial charge on any atom is -0.496 e. The summed E-state index contributed by atoms with van der Waals surface area (Å²) < 4.78 is 5.30. The van der Waals surface area contributed by atoms with Gasteiger partial charge in [0.2, 0.25) is 17.7 Å². The van der Waals surface area contributed by atoms with Crippen molar-refractivity contribution in [3.63, 3.8) is 0 Å². The van der Waals surface area contributed by atoms with Crippen LogP contribution in [0.5, 0.6) is 5.75 Å². The Bertz CT molecular complexity index is 908. The van der Waals surface area contributed by atoms with Crippen LogP contribution in [-0.2, 0) is 25.6 Å². The van der Waals surface area contributed by atoms with Gasteiger partial charge >= 0.3 is 12.0 Å². The molecule has 0 spiro atoms. The molecule has 174 valence electrons. The van der Waals surface area contributed by atoms with Crippen molar-refractivity contribution in [2.45, 2.75) is 25.8 Å². The molecule has 2 rings (SSSR count). The van der Waals surface area contributed by atoms with Crippen molar-refractivity contribution in [3.05, 3.63) is 28.8 Å². The summed E-state index contributed by atoms with van der Waals surface area (Å²) in [6.07, 6.45) is 0.303. The summed E-state index contributed by atoms with van der Waals surface area (Å²) in [5, 5.41) is 16.3. The second-order valence-electron chi connectivity index (χ2n) is 7.11. The van der Waals surface area contributed by atoms with Crippen molar-refractivity contribution in [1.29, 1.82) is 0 Å². The van der Waals surface area contributed by atoms with Gasteiger partial charge in [-0.25, -0.2) is 4.79 Å². The van der Waals surface area contributed by atoms with E-state index in [9.17, 15) is 24.0 Å². The number of rotatable bonds is 8. The van der Waals surface area contributed by atoms with Crippen LogP contribution in [0.1, 0.15) is 18.9 Å². The number of carboxylic acid groups (broad SMARTS) is 1. The number of urea groups is 1. The first kappa shape index (κ1) is 24.9. The van der Waals surface area contributed by atoms with E-state index in [-0.39, 0.29) is 19.4 Å². The van der Waals surface area contributed by atoms with Gasteiger partial charge in [-0.1, -0.05) is 18.5 Å². The number of benzene rings is 1. The summed E-state index contributed by atoms with van der Waals surface area (Å²) >= 11 is 6.05. The van der Waals surface area contributed by atoms with Crippen LogP contribution in [0.4, 0.5) is 4.79 Å². The zero-order valence-electron chi connectivity index (χ0n) is 17.6. The van der Waals surface area contributed by atoms with Gasteiger partial charge in [0.05, 0.1) is 13.0 Å². The van der Waals surface area contributed by atoms with Crippen LogP contribution in [0.15, 0.2) is 18.2 Å². The molecule has 0 aliphatic carbocycles. The fourth-order valence-corrected chi connectivity index (χ4v) is 3.39. The van der Waals surface area contributed by atoms with E-state index in [4.69, 9.17) is 21.4 Å². The fourth-order valence-electron chi connectivity index (χ4n) is 3.19. The van der Waals surface area contributed by atoms with Gasteiger partial charge in [-0.2, -0.15) is 0 Å². The molecule has 12 heteroatoms. The largest absolute Gasteiger partial charge is 0.496 e. The number of imide groups is 1. The highest BCUT2D eigenvalue weighted by Gasteiger charge is 2.35. The zero-order valence-corrected chi connectivity index (χ0v) is 18.4. The van der Waals surface area contributed by atoms with Gasteiger partial charge in [0, 0.05) is 11.6 Å². The Kier molecular flexibility index (Phi) is 8.82. The Morgan fingerprint density at radius 2 is 2.06 bits per heavy atom. The second-order valence-corrected chi connectivity index (χ2v) is 7.54. The van der Waals surface area contributed by atoms with Crippen LogP contribution in [0.25, 0.3) is 0 Å². The van der Waals surface area contributed by atoms with Gasteiger partial charge in [-0.05, 0) is 36.6 Å². The van der Waals surface area contributed by atoms with E-state index >= 15 is 0 Å². The molecule has 1 aromatic rings. The molecule has 5 amide bonds. The van der Waals surface area contributed by atoms with Gasteiger partial charge in [0.25, 0.3) is 0 Å². The average Bonchev–Trinajstić information content (AvgIpc) is 2.89. The number of carbonyl (C=O) groups excluding carboxylic acids is 4. The molecule has 1 aliphatic rings. The second kappa shape index (κ2) is 11.3. The number of amides is 5. The van der Waals surface area contributed by atoms with Gasteiger partial charge in [0.15, 0.2) is 0 Å². The third kappa shape index (κ3) is 6.58. The summed E-state index contributed by atoms with van der Waals surface area (Å²) in [6, 6.07) is 2.94. The Morgan fingerprint density at radius 1 is 1.34 bits per heavy atom. The lowest BCUT2D eigenvalue weighted by Crippen LogP contribution is -2.54. The molecule has 4 N–H and O–H groups in total. The number of carbonyl (C=O) groups is 5. The Morgan fingerprint density at radius 3 is 2.69 bits per heavy atom. The predicted octanol–water partition coefficient (Wildman–Crippen LogP) is 0.155. The third-order valence-electron chi connectivity index (χ3n) is 4.85. The smallest absolute Gasteiger partial charge is 0.325 e. The lowest BCUT2D eigenvalue weighted by molar-refractivity contribution is -0.138. The van der Waals surface area contributed by atoms with Crippen LogP contribution in [-0.4, -0.2) is 72.5 Å². The predicted molar refractivity (Wildman–Crippen MR) is 113 cm³/mol. The summed E-state index contributed by atoms with van der Waals surface area (Å²) in [5.41, 5.74) is 0.634. The Labute approximate surface area is 189 Å². The maximum Gasteiger partial charge on any atom is 0.325 e. The Balaban J connectivity index is 2.17. The molecule has 0 saturated carbocycles. The number of nitrogens with zero attached hydrogens (tertiary/aromatic N) is 1. The van der Waals surface area contributed by atoms with Crippen LogP contribution in [0.2, 0.25) is 5.02 Å². The van der Waals surface area contributed by atoms with Gasteiger partial charge < -0.3 is 25.8 Å². The first-order chi connectivity index (χ1) is 15.2. The fraction of sp³-hybridized carbons (Fsp3) is 0.450. The van der Waals surface area contributed by atoms with Crippen molar-refractivity contribution in [2.75, 3.05) is 26.7 Å². The quantitative estimate of drug-likeness (QED) is 0.423. The Hall–Kier alpha value is -3.34. The van der Waals surface area contributed by atoms with Crippen LogP contribution >= 0.6 is 11.6 Å². The van der Waals surface area contributed by atoms with Gasteiger partial charge in [-0.15, -0.1) is 0 Å². The number of methoxy groups -OCH3 is 1. The van der Waals surface area contributed by atoms with E-state index in [2.05, 4.69) is 16.0 Å². The highest BCUT2D eigenvalue weighted by Crippen LogP contribution is 2.26. The molecule has 1 saturated heterocycles. The molecule has 0 aromatic heterocycles. The molecule has 11 nitrogen and oxygen atoms in total. The maximum absolute atomic E-state index is 13.1. The lowest BCUT2D eigenvalue weighted by Gasteiger charge is -2.25. The maximum atomic E-state index is 13.1. The molecule has 0 radical (unpaired) electrons. The zero-order chi connectivity index (χ0) is 23.8. The lowest BCUT2D eigenvalue weighted by atomic mass is 9.97. The number of carboxylic acids is 1. The summed E-state index contributed by atoms with van der Waals surface area (Å²) in [5.74, 6) is -3.36. The van der Waals surface area contributed by atoms with E-state index in [1.807, 2.05) is 0 Å². The number of hydrogen-bond donors (Lipinski definition) is 4. The van der Waals surface area contributed by atoms with Crippen molar-refractivity contribution >= 4 is 41.3 Å². The summed E-state index contributed by atoms with van der Waals surface area (Å²) in [4.78, 5) is 61.5. The van der Waals surface area contributed by atoms with E-state index in [1.54, 1.807) is 25.1 Å². The normalized spacial score (nSPS) is 17.1. The van der Waals surface area contributed by atoms with E-state index in [0.717, 1.165) is 4.90 Å². The molecule has 1 aromatic carbocycles. The summed E-state index contributed by atoms with van der Waals surface area (Å²) in [6.45, 7) is 0.491. The van der Waals surface area contributed by atoms with E-state index in [0.29, 0.717) is 16.3 Å². The molecular weight excluding hydrogens is 444 g/mol. The minimum absolute atomic E-state index is 0.00736. The topological polar surface area (TPSA) is 154 Å². The van der Waals surface area contributed by atoms with Crippen LogP contribution < -0.4 is 20.7 Å². The van der Waals surface area contributed by atoms with Crippen molar-refractivity contribution < 1.29 is 33.8 Å². The monoisotopic (exact) mass is 468 g/mol. The standard InChI is InChI=1S/C20H25ClN4O7/c1-3-14(18(29)23-9-17(27)28)24-20(31)25-10-16(26)22-8-12(19(25)30)6-11-7-13(21)4-5-15(11)32-2/h4-5,7,12,14H,3,6,8-10H2,1-2H3,(H,22,26)(H,23,29)(H,24,31)(H,27,28). The molecular formula is C20H25ClN4O7. The molecule has 2 atom stereocenters. The molecule has 1 aliphatic heterocycles. The average molecular weight is 469 g/mol. The number of halogens is 1. The number of ether oxygens (including phenoxy) is 1.